The lowest BCUT2D eigenvalue weighted by molar-refractivity contribution is -0.114. The second-order valence-corrected chi connectivity index (χ2v) is 17.5. The fourth-order valence-electron chi connectivity index (χ4n) is 8.15. The first-order valence-corrected chi connectivity index (χ1v) is 15.6. The summed E-state index contributed by atoms with van der Waals surface area (Å²) >= 11 is 0. The van der Waals surface area contributed by atoms with Crippen LogP contribution < -0.4 is 0 Å². The van der Waals surface area contributed by atoms with Gasteiger partial charge in [0.1, 0.15) is 0 Å². The molecule has 0 aliphatic heterocycles. The van der Waals surface area contributed by atoms with Crippen molar-refractivity contribution >= 4 is 11.6 Å². The second-order valence-electron chi connectivity index (χ2n) is 17.5. The largest absolute Gasteiger partial charge is 0.289 e. The highest BCUT2D eigenvalue weighted by molar-refractivity contribution is 6.12. The minimum absolute atomic E-state index is 0.209. The second kappa shape index (κ2) is 9.14. The number of ketones is 2. The van der Waals surface area contributed by atoms with Gasteiger partial charge in [0.2, 0.25) is 0 Å². The molecule has 0 spiro atoms. The van der Waals surface area contributed by atoms with Crippen molar-refractivity contribution in [3.63, 3.8) is 0 Å². The van der Waals surface area contributed by atoms with Crippen LogP contribution >= 0.6 is 0 Å². The summed E-state index contributed by atoms with van der Waals surface area (Å²) in [7, 11) is 0. The van der Waals surface area contributed by atoms with Gasteiger partial charge in [0.05, 0.1) is 0 Å². The Morgan fingerprint density at radius 1 is 0.475 bits per heavy atom. The van der Waals surface area contributed by atoms with Crippen molar-refractivity contribution in [2.45, 2.75) is 109 Å². The van der Waals surface area contributed by atoms with E-state index in [1.54, 1.807) is 11.1 Å². The minimum atomic E-state index is -0.209. The van der Waals surface area contributed by atoms with Gasteiger partial charge in [-0.25, -0.2) is 0 Å². The highest BCUT2D eigenvalue weighted by Crippen LogP contribution is 2.61. The number of Topliss-reactive ketones (excluding diaryl/α,β-unsaturated/α-hetero) is 2. The molecule has 40 heavy (non-hydrogen) atoms. The van der Waals surface area contributed by atoms with E-state index >= 15 is 0 Å². The van der Waals surface area contributed by atoms with E-state index < -0.39 is 0 Å². The molecule has 4 saturated carbocycles. The van der Waals surface area contributed by atoms with E-state index in [-0.39, 0.29) is 33.2 Å². The molecule has 6 rings (SSSR count). The Morgan fingerprint density at radius 2 is 0.775 bits per heavy atom. The molecule has 2 nitrogen and oxygen atoms in total. The highest BCUT2D eigenvalue weighted by Gasteiger charge is 2.50. The van der Waals surface area contributed by atoms with Crippen LogP contribution in [0.1, 0.15) is 109 Å². The molecule has 0 N–H and O–H groups in total. The quantitative estimate of drug-likeness (QED) is 0.306. The Morgan fingerprint density at radius 3 is 1.05 bits per heavy atom. The molecule has 0 radical (unpaired) electrons. The molecule has 0 heterocycles. The van der Waals surface area contributed by atoms with Crippen LogP contribution in [0.4, 0.5) is 0 Å². The van der Waals surface area contributed by atoms with Crippen LogP contribution in [0.15, 0.2) is 68.9 Å². The zero-order chi connectivity index (χ0) is 29.7. The third-order valence-electron chi connectivity index (χ3n) is 10.1. The van der Waals surface area contributed by atoms with Crippen molar-refractivity contribution in [2.75, 3.05) is 0 Å². The number of carbonyl (C=O) groups is 2. The van der Waals surface area contributed by atoms with Crippen molar-refractivity contribution < 1.29 is 9.59 Å². The topological polar surface area (TPSA) is 34.1 Å². The maximum atomic E-state index is 13.7. The lowest BCUT2D eigenvalue weighted by Crippen LogP contribution is -2.43. The first-order chi connectivity index (χ1) is 18.2. The number of hydrogen-bond acceptors (Lipinski definition) is 2. The van der Waals surface area contributed by atoms with Gasteiger partial charge < -0.3 is 0 Å². The predicted molar refractivity (Wildman–Crippen MR) is 167 cm³/mol. The molecule has 4 bridgehead atoms. The summed E-state index contributed by atoms with van der Waals surface area (Å²) in [6.45, 7) is 26.1. The van der Waals surface area contributed by atoms with E-state index in [0.29, 0.717) is 17.8 Å². The molecule has 2 atom stereocenters. The van der Waals surface area contributed by atoms with Crippen LogP contribution in [0, 0.1) is 45.3 Å². The van der Waals surface area contributed by atoms with Crippen LogP contribution in [0.3, 0.4) is 0 Å². The van der Waals surface area contributed by atoms with Gasteiger partial charge in [-0.15, -0.1) is 0 Å². The first kappa shape index (κ1) is 29.3. The molecule has 2 unspecified atom stereocenters. The number of allylic oxidation sites excluding steroid dienone is 12. The Balaban J connectivity index is 1.77. The van der Waals surface area contributed by atoms with Gasteiger partial charge in [-0.2, -0.15) is 0 Å². The predicted octanol–water partition coefficient (Wildman–Crippen LogP) is 9.70. The summed E-state index contributed by atoms with van der Waals surface area (Å²) in [5.41, 5.74) is 8.67. The molecule has 2 heteroatoms. The fraction of sp³-hybridized carbons (Fsp3) is 0.632. The lowest BCUT2D eigenvalue weighted by atomic mass is 9.50. The monoisotopic (exact) mass is 540 g/mol. The maximum absolute atomic E-state index is 13.7. The van der Waals surface area contributed by atoms with Crippen LogP contribution in [-0.2, 0) is 9.59 Å². The Labute approximate surface area is 243 Å². The number of carbonyl (C=O) groups excluding carboxylic acids is 2. The molecule has 6 aliphatic carbocycles. The van der Waals surface area contributed by atoms with E-state index in [1.165, 1.54) is 36.8 Å². The molecule has 0 aromatic rings. The smallest absolute Gasteiger partial charge is 0.186 e. The fourth-order valence-corrected chi connectivity index (χ4v) is 8.15. The van der Waals surface area contributed by atoms with Crippen molar-refractivity contribution in [3.05, 3.63) is 68.9 Å². The van der Waals surface area contributed by atoms with Gasteiger partial charge in [0.15, 0.2) is 11.6 Å². The van der Waals surface area contributed by atoms with Gasteiger partial charge in [-0.3, -0.25) is 9.59 Å². The minimum Gasteiger partial charge on any atom is -0.289 e. The van der Waals surface area contributed by atoms with Crippen LogP contribution in [0.25, 0.3) is 0 Å². The molecule has 0 saturated heterocycles. The maximum Gasteiger partial charge on any atom is 0.186 e. The van der Waals surface area contributed by atoms with Crippen molar-refractivity contribution in [3.8, 4) is 0 Å². The molecule has 0 amide bonds. The summed E-state index contributed by atoms with van der Waals surface area (Å²) in [6.07, 6.45) is 14.0. The van der Waals surface area contributed by atoms with Gasteiger partial charge in [-0.05, 0) is 101 Å². The van der Waals surface area contributed by atoms with Gasteiger partial charge in [0.25, 0.3) is 0 Å². The van der Waals surface area contributed by atoms with Crippen LogP contribution in [0.2, 0.25) is 0 Å². The molecular formula is C38H52O2. The Hall–Kier alpha value is -2.22. The van der Waals surface area contributed by atoms with E-state index in [4.69, 9.17) is 0 Å². The lowest BCUT2D eigenvalue weighted by Gasteiger charge is -2.54. The van der Waals surface area contributed by atoms with Crippen molar-refractivity contribution in [2.24, 2.45) is 45.3 Å². The average Bonchev–Trinajstić information content (AvgIpc) is 2.77. The number of hydrogen-bond donors (Lipinski definition) is 0. The van der Waals surface area contributed by atoms with Crippen LogP contribution in [0.5, 0.6) is 0 Å². The summed E-state index contributed by atoms with van der Waals surface area (Å²) < 4.78 is 0. The summed E-state index contributed by atoms with van der Waals surface area (Å²) in [4.78, 5) is 27.5. The number of rotatable bonds is 0. The Kier molecular flexibility index (Phi) is 6.69. The third-order valence-corrected chi connectivity index (χ3v) is 10.1. The highest BCUT2D eigenvalue weighted by atomic mass is 16.1. The molecule has 4 fully saturated rings. The third kappa shape index (κ3) is 4.92. The zero-order valence-corrected chi connectivity index (χ0v) is 27.3. The van der Waals surface area contributed by atoms with Gasteiger partial charge >= 0.3 is 0 Å². The van der Waals surface area contributed by atoms with E-state index in [0.717, 1.165) is 28.2 Å². The summed E-state index contributed by atoms with van der Waals surface area (Å²) in [6, 6.07) is 0. The van der Waals surface area contributed by atoms with E-state index in [1.807, 2.05) is 0 Å². The summed E-state index contributed by atoms with van der Waals surface area (Å²) in [5.74, 6) is 2.79. The first-order valence-electron chi connectivity index (χ1n) is 15.6. The van der Waals surface area contributed by atoms with E-state index in [9.17, 15) is 9.59 Å². The van der Waals surface area contributed by atoms with Crippen molar-refractivity contribution in [1.29, 1.82) is 0 Å². The molecule has 216 valence electrons. The summed E-state index contributed by atoms with van der Waals surface area (Å²) in [5, 5.41) is 0. The molecule has 0 aromatic heterocycles. The van der Waals surface area contributed by atoms with Gasteiger partial charge in [-0.1, -0.05) is 94.2 Å². The molecule has 0 aromatic carbocycles. The van der Waals surface area contributed by atoms with Gasteiger partial charge in [0, 0.05) is 28.2 Å². The SMILES string of the molecule is CC(C)(C)C1=CC(=C2C3CC4CC(C3)C(=C3C=C(C(C)(C)C)C(=O)C(C(C)(C)C)=C3)C2C4)C=C(C(C)(C)C)C1=O. The average molecular weight is 541 g/mol. The van der Waals surface area contributed by atoms with E-state index in [2.05, 4.69) is 107 Å². The van der Waals surface area contributed by atoms with Crippen LogP contribution in [-0.4, -0.2) is 11.6 Å². The van der Waals surface area contributed by atoms with Crippen molar-refractivity contribution in [1.82, 2.24) is 0 Å². The standard InChI is InChI=1S/C38H52O2/c1-35(2,3)27-17-24(18-28(33(27)39)36(4,5)6)31-22-13-21-14-23(16-22)32(26(31)15-21)25-19-29(37(7,8)9)34(40)30(20-25)38(10,11)12/h17-23,26H,13-16H2,1-12H3. The molecular weight excluding hydrogens is 488 g/mol. The Bertz CT molecular complexity index is 1180. The zero-order valence-electron chi connectivity index (χ0n) is 27.3. The normalized spacial score (nSPS) is 29.6. The molecule has 6 aliphatic rings.